The molecule has 2 rings (SSSR count). The van der Waals surface area contributed by atoms with Gasteiger partial charge in [0.25, 0.3) is 0 Å². The van der Waals surface area contributed by atoms with Crippen molar-refractivity contribution in [3.05, 3.63) is 21.5 Å². The Morgan fingerprint density at radius 3 is 2.60 bits per heavy atom. The average molecular weight is 321 g/mol. The molecule has 0 saturated carbocycles. The van der Waals surface area contributed by atoms with Crippen molar-refractivity contribution >= 4 is 28.3 Å². The van der Waals surface area contributed by atoms with Crippen LogP contribution >= 0.6 is 22.6 Å². The highest BCUT2D eigenvalue weighted by Gasteiger charge is 2.20. The Kier molecular flexibility index (Phi) is 3.33. The van der Waals surface area contributed by atoms with Gasteiger partial charge in [0.2, 0.25) is 0 Å². The van der Waals surface area contributed by atoms with Crippen LogP contribution in [0.5, 0.6) is 5.75 Å². The summed E-state index contributed by atoms with van der Waals surface area (Å²) in [6.07, 6.45) is 2.35. The van der Waals surface area contributed by atoms with Gasteiger partial charge < -0.3 is 9.64 Å². The van der Waals surface area contributed by atoms with E-state index in [1.54, 1.807) is 6.07 Å². The van der Waals surface area contributed by atoms with Crippen molar-refractivity contribution in [3.8, 4) is 5.75 Å². The van der Waals surface area contributed by atoms with Gasteiger partial charge >= 0.3 is 0 Å². The van der Waals surface area contributed by atoms with E-state index in [2.05, 4.69) is 4.90 Å². The van der Waals surface area contributed by atoms with Gasteiger partial charge in [-0.2, -0.15) is 0 Å². The van der Waals surface area contributed by atoms with Gasteiger partial charge in [0.1, 0.15) is 0 Å². The van der Waals surface area contributed by atoms with E-state index in [4.69, 9.17) is 4.74 Å². The SMILES string of the molecule is COc1c(N2CCCC2)ccc(I)c1F. The van der Waals surface area contributed by atoms with E-state index in [0.717, 1.165) is 18.8 Å². The van der Waals surface area contributed by atoms with Gasteiger partial charge in [0.15, 0.2) is 11.6 Å². The summed E-state index contributed by atoms with van der Waals surface area (Å²) in [4.78, 5) is 2.18. The molecule has 15 heavy (non-hydrogen) atoms. The minimum Gasteiger partial charge on any atom is -0.492 e. The maximum atomic E-state index is 13.8. The molecule has 1 aliphatic heterocycles. The van der Waals surface area contributed by atoms with E-state index in [-0.39, 0.29) is 5.82 Å². The lowest BCUT2D eigenvalue weighted by Crippen LogP contribution is -2.19. The highest BCUT2D eigenvalue weighted by molar-refractivity contribution is 14.1. The van der Waals surface area contributed by atoms with Crippen molar-refractivity contribution in [2.24, 2.45) is 0 Å². The van der Waals surface area contributed by atoms with Crippen LogP contribution in [0.1, 0.15) is 12.8 Å². The number of nitrogens with zero attached hydrogens (tertiary/aromatic N) is 1. The second-order valence-electron chi connectivity index (χ2n) is 3.61. The molecule has 1 heterocycles. The normalized spacial score (nSPS) is 15.8. The number of hydrogen-bond donors (Lipinski definition) is 0. The van der Waals surface area contributed by atoms with Crippen LogP contribution in [0, 0.1) is 9.39 Å². The van der Waals surface area contributed by atoms with Gasteiger partial charge in [-0.3, -0.25) is 0 Å². The fourth-order valence-electron chi connectivity index (χ4n) is 1.92. The van der Waals surface area contributed by atoms with E-state index in [1.807, 2.05) is 28.7 Å². The molecule has 0 unspecified atom stereocenters. The minimum absolute atomic E-state index is 0.248. The quantitative estimate of drug-likeness (QED) is 0.777. The summed E-state index contributed by atoms with van der Waals surface area (Å²) in [7, 11) is 1.52. The van der Waals surface area contributed by atoms with Gasteiger partial charge in [0.05, 0.1) is 16.4 Å². The van der Waals surface area contributed by atoms with Crippen LogP contribution in [0.3, 0.4) is 0 Å². The Labute approximate surface area is 103 Å². The molecule has 1 aromatic rings. The van der Waals surface area contributed by atoms with Crippen molar-refractivity contribution in [2.45, 2.75) is 12.8 Å². The Morgan fingerprint density at radius 1 is 1.33 bits per heavy atom. The molecular weight excluding hydrogens is 308 g/mol. The van der Waals surface area contributed by atoms with Gasteiger partial charge in [-0.1, -0.05) is 0 Å². The summed E-state index contributed by atoms with van der Waals surface area (Å²) >= 11 is 1.98. The molecule has 4 heteroatoms. The van der Waals surface area contributed by atoms with E-state index in [9.17, 15) is 4.39 Å². The molecule has 1 aromatic carbocycles. The van der Waals surface area contributed by atoms with E-state index in [0.29, 0.717) is 9.32 Å². The summed E-state index contributed by atoms with van der Waals surface area (Å²) < 4.78 is 19.5. The smallest absolute Gasteiger partial charge is 0.180 e. The lowest BCUT2D eigenvalue weighted by atomic mass is 10.2. The molecule has 82 valence electrons. The third-order valence-corrected chi connectivity index (χ3v) is 3.51. The first-order chi connectivity index (χ1) is 7.24. The third-order valence-electron chi connectivity index (χ3n) is 2.68. The molecule has 0 aliphatic carbocycles. The molecule has 1 fully saturated rings. The number of anilines is 1. The predicted molar refractivity (Wildman–Crippen MR) is 67.1 cm³/mol. The summed E-state index contributed by atoms with van der Waals surface area (Å²) in [6, 6.07) is 3.74. The van der Waals surface area contributed by atoms with Gasteiger partial charge in [-0.05, 0) is 47.6 Å². The van der Waals surface area contributed by atoms with E-state index < -0.39 is 0 Å². The third kappa shape index (κ3) is 2.04. The first-order valence-electron chi connectivity index (χ1n) is 5.01. The molecule has 1 saturated heterocycles. The fraction of sp³-hybridized carbons (Fsp3) is 0.455. The van der Waals surface area contributed by atoms with E-state index in [1.165, 1.54) is 20.0 Å². The van der Waals surface area contributed by atoms with Gasteiger partial charge in [-0.15, -0.1) is 0 Å². The predicted octanol–water partition coefficient (Wildman–Crippen LogP) is 3.04. The topological polar surface area (TPSA) is 12.5 Å². The highest BCUT2D eigenvalue weighted by Crippen LogP contribution is 2.35. The summed E-state index contributed by atoms with van der Waals surface area (Å²) in [6.45, 7) is 1.99. The first kappa shape index (κ1) is 11.0. The summed E-state index contributed by atoms with van der Waals surface area (Å²) in [5.41, 5.74) is 0.882. The van der Waals surface area contributed by atoms with Crippen molar-refractivity contribution in [3.63, 3.8) is 0 Å². The molecule has 0 bridgehead atoms. The Balaban J connectivity index is 2.41. The maximum absolute atomic E-state index is 13.8. The largest absolute Gasteiger partial charge is 0.492 e. The first-order valence-corrected chi connectivity index (χ1v) is 6.09. The van der Waals surface area contributed by atoms with Crippen LogP contribution in [0.4, 0.5) is 10.1 Å². The Morgan fingerprint density at radius 2 is 2.00 bits per heavy atom. The van der Waals surface area contributed by atoms with Crippen molar-refractivity contribution in [1.82, 2.24) is 0 Å². The maximum Gasteiger partial charge on any atom is 0.180 e. The number of rotatable bonds is 2. The monoisotopic (exact) mass is 321 g/mol. The van der Waals surface area contributed by atoms with Crippen LogP contribution in [-0.4, -0.2) is 20.2 Å². The second kappa shape index (κ2) is 4.55. The Bertz CT molecular complexity index is 364. The summed E-state index contributed by atoms with van der Waals surface area (Å²) in [5.74, 6) is 0.131. The zero-order valence-electron chi connectivity index (χ0n) is 8.59. The second-order valence-corrected chi connectivity index (χ2v) is 4.77. The number of methoxy groups -OCH3 is 1. The van der Waals surface area contributed by atoms with Gasteiger partial charge in [-0.25, -0.2) is 4.39 Å². The average Bonchev–Trinajstić information content (AvgIpc) is 2.75. The van der Waals surface area contributed by atoms with Gasteiger partial charge in [0, 0.05) is 13.1 Å². The standard InChI is InChI=1S/C11H13FINO/c1-15-11-9(14-6-2-3-7-14)5-4-8(13)10(11)12/h4-5H,2-3,6-7H2,1H3. The molecule has 0 aromatic heterocycles. The molecule has 2 nitrogen and oxygen atoms in total. The number of halogens is 2. The lowest BCUT2D eigenvalue weighted by molar-refractivity contribution is 0.385. The van der Waals surface area contributed by atoms with E-state index >= 15 is 0 Å². The van der Waals surface area contributed by atoms with Crippen LogP contribution in [0.25, 0.3) is 0 Å². The van der Waals surface area contributed by atoms with Crippen LogP contribution in [0.15, 0.2) is 12.1 Å². The molecule has 0 atom stereocenters. The summed E-state index contributed by atoms with van der Waals surface area (Å²) in [5, 5.41) is 0. The molecule has 1 aliphatic rings. The van der Waals surface area contributed by atoms with Crippen molar-refractivity contribution in [1.29, 1.82) is 0 Å². The minimum atomic E-state index is -0.248. The molecule has 0 radical (unpaired) electrons. The fourth-order valence-corrected chi connectivity index (χ4v) is 2.35. The van der Waals surface area contributed by atoms with Crippen molar-refractivity contribution in [2.75, 3.05) is 25.1 Å². The number of benzene rings is 1. The van der Waals surface area contributed by atoms with Crippen LogP contribution < -0.4 is 9.64 Å². The molecular formula is C11H13FINO. The number of ether oxygens (including phenoxy) is 1. The Hall–Kier alpha value is -0.520. The lowest BCUT2D eigenvalue weighted by Gasteiger charge is -2.21. The van der Waals surface area contributed by atoms with Crippen molar-refractivity contribution < 1.29 is 9.13 Å². The number of hydrogen-bond acceptors (Lipinski definition) is 2. The zero-order chi connectivity index (χ0) is 10.8. The zero-order valence-corrected chi connectivity index (χ0v) is 10.8. The molecule has 0 amide bonds. The molecule has 0 N–H and O–H groups in total. The van der Waals surface area contributed by atoms with Crippen LogP contribution in [0.2, 0.25) is 0 Å². The van der Waals surface area contributed by atoms with Crippen LogP contribution in [-0.2, 0) is 0 Å². The highest BCUT2D eigenvalue weighted by atomic mass is 127. The molecule has 0 spiro atoms.